The molecule has 21 heavy (non-hydrogen) atoms. The summed E-state index contributed by atoms with van der Waals surface area (Å²) in [6.07, 6.45) is 4.58. The van der Waals surface area contributed by atoms with Gasteiger partial charge in [-0.15, -0.1) is 0 Å². The van der Waals surface area contributed by atoms with Gasteiger partial charge in [0.25, 0.3) is 0 Å². The molecule has 0 aliphatic heterocycles. The first-order valence-corrected chi connectivity index (χ1v) is 8.15. The highest BCUT2D eigenvalue weighted by Crippen LogP contribution is 2.37. The third-order valence-corrected chi connectivity index (χ3v) is 4.98. The highest BCUT2D eigenvalue weighted by molar-refractivity contribution is 6.30. The van der Waals surface area contributed by atoms with Gasteiger partial charge in [0, 0.05) is 11.1 Å². The summed E-state index contributed by atoms with van der Waals surface area (Å²) < 4.78 is 0. The van der Waals surface area contributed by atoms with E-state index >= 15 is 0 Å². The normalized spacial score (nSPS) is 25.7. The molecule has 3 atom stereocenters. The number of nitrogens with two attached hydrogens (primary N) is 1. The van der Waals surface area contributed by atoms with Crippen LogP contribution in [0.25, 0.3) is 0 Å². The van der Waals surface area contributed by atoms with Crippen molar-refractivity contribution in [3.63, 3.8) is 0 Å². The first kappa shape index (κ1) is 14.6. The van der Waals surface area contributed by atoms with Crippen LogP contribution < -0.4 is 5.73 Å². The number of hydrogen-bond acceptors (Lipinski definition) is 1. The first-order valence-electron chi connectivity index (χ1n) is 7.77. The highest BCUT2D eigenvalue weighted by atomic mass is 35.5. The molecule has 0 saturated heterocycles. The lowest BCUT2D eigenvalue weighted by Gasteiger charge is -2.34. The predicted molar refractivity (Wildman–Crippen MR) is 89.7 cm³/mol. The number of rotatable bonds is 3. The number of benzene rings is 2. The summed E-state index contributed by atoms with van der Waals surface area (Å²) in [5.74, 6) is 1.22. The first-order chi connectivity index (χ1) is 10.2. The van der Waals surface area contributed by atoms with Crippen molar-refractivity contribution in [2.75, 3.05) is 0 Å². The lowest BCUT2D eigenvalue weighted by Crippen LogP contribution is -2.36. The summed E-state index contributed by atoms with van der Waals surface area (Å²) in [4.78, 5) is 0. The van der Waals surface area contributed by atoms with Gasteiger partial charge in [-0.2, -0.15) is 0 Å². The largest absolute Gasteiger partial charge is 0.327 e. The van der Waals surface area contributed by atoms with Gasteiger partial charge in [-0.3, -0.25) is 0 Å². The molecule has 2 N–H and O–H groups in total. The monoisotopic (exact) mass is 299 g/mol. The van der Waals surface area contributed by atoms with Gasteiger partial charge in [0.05, 0.1) is 0 Å². The van der Waals surface area contributed by atoms with E-state index in [4.69, 9.17) is 17.3 Å². The van der Waals surface area contributed by atoms with Crippen molar-refractivity contribution in [2.45, 2.75) is 37.6 Å². The molecule has 1 nitrogen and oxygen atoms in total. The molecular weight excluding hydrogens is 278 g/mol. The van der Waals surface area contributed by atoms with E-state index in [0.29, 0.717) is 17.9 Å². The summed E-state index contributed by atoms with van der Waals surface area (Å²) >= 11 is 5.96. The van der Waals surface area contributed by atoms with Crippen LogP contribution in [0.1, 0.15) is 36.3 Å². The Hall–Kier alpha value is -1.31. The average Bonchev–Trinajstić information content (AvgIpc) is 2.52. The minimum atomic E-state index is 0.320. The van der Waals surface area contributed by atoms with E-state index in [1.54, 1.807) is 0 Å². The van der Waals surface area contributed by atoms with Gasteiger partial charge < -0.3 is 5.73 Å². The molecule has 2 heteroatoms. The molecule has 0 radical (unpaired) electrons. The van der Waals surface area contributed by atoms with Crippen LogP contribution >= 0.6 is 11.6 Å². The van der Waals surface area contributed by atoms with E-state index in [2.05, 4.69) is 42.5 Å². The Labute approximate surface area is 132 Å². The van der Waals surface area contributed by atoms with Gasteiger partial charge in [0.15, 0.2) is 0 Å². The van der Waals surface area contributed by atoms with Crippen molar-refractivity contribution in [2.24, 2.45) is 11.7 Å². The smallest absolute Gasteiger partial charge is 0.0406 e. The quantitative estimate of drug-likeness (QED) is 0.866. The Morgan fingerprint density at radius 2 is 1.67 bits per heavy atom. The molecule has 0 heterocycles. The van der Waals surface area contributed by atoms with Gasteiger partial charge in [0.1, 0.15) is 0 Å². The Kier molecular flexibility index (Phi) is 4.62. The van der Waals surface area contributed by atoms with Crippen LogP contribution in [0.2, 0.25) is 5.02 Å². The topological polar surface area (TPSA) is 26.0 Å². The summed E-state index contributed by atoms with van der Waals surface area (Å²) in [6, 6.07) is 19.4. The fraction of sp³-hybridized carbons (Fsp3) is 0.368. The summed E-state index contributed by atoms with van der Waals surface area (Å²) in [5, 5.41) is 0.800. The Bertz CT molecular complexity index is 564. The summed E-state index contributed by atoms with van der Waals surface area (Å²) in [6.45, 7) is 0. The van der Waals surface area contributed by atoms with E-state index in [0.717, 1.165) is 17.9 Å². The van der Waals surface area contributed by atoms with E-state index < -0.39 is 0 Å². The Morgan fingerprint density at radius 3 is 2.38 bits per heavy atom. The molecule has 3 rings (SSSR count). The fourth-order valence-corrected chi connectivity index (χ4v) is 3.60. The SMILES string of the molecule is NC1CCC(c2ccccc2)CC1Cc1ccc(Cl)cc1. The number of halogens is 1. The lowest BCUT2D eigenvalue weighted by molar-refractivity contribution is 0.277. The van der Waals surface area contributed by atoms with Crippen LogP contribution in [0.15, 0.2) is 54.6 Å². The maximum atomic E-state index is 6.37. The van der Waals surface area contributed by atoms with Crippen molar-refractivity contribution in [3.8, 4) is 0 Å². The molecule has 2 aromatic rings. The van der Waals surface area contributed by atoms with Crippen LogP contribution in [-0.2, 0) is 6.42 Å². The van der Waals surface area contributed by atoms with Gasteiger partial charge >= 0.3 is 0 Å². The minimum Gasteiger partial charge on any atom is -0.327 e. The second kappa shape index (κ2) is 6.64. The molecular formula is C19H22ClN. The fourth-order valence-electron chi connectivity index (χ4n) is 3.47. The molecule has 1 aliphatic rings. The summed E-state index contributed by atoms with van der Waals surface area (Å²) in [7, 11) is 0. The minimum absolute atomic E-state index is 0.320. The van der Waals surface area contributed by atoms with Crippen molar-refractivity contribution >= 4 is 11.6 Å². The molecule has 0 bridgehead atoms. The van der Waals surface area contributed by atoms with Crippen LogP contribution in [-0.4, -0.2) is 6.04 Å². The van der Waals surface area contributed by atoms with E-state index in [1.165, 1.54) is 24.0 Å². The molecule has 110 valence electrons. The average molecular weight is 300 g/mol. The molecule has 0 amide bonds. The van der Waals surface area contributed by atoms with Gasteiger partial charge in [-0.1, -0.05) is 54.1 Å². The zero-order chi connectivity index (χ0) is 14.7. The van der Waals surface area contributed by atoms with Crippen LogP contribution in [0, 0.1) is 5.92 Å². The molecule has 3 unspecified atom stereocenters. The second-order valence-corrected chi connectivity index (χ2v) is 6.61. The second-order valence-electron chi connectivity index (χ2n) is 6.18. The van der Waals surface area contributed by atoms with Gasteiger partial charge in [0.2, 0.25) is 0 Å². The zero-order valence-electron chi connectivity index (χ0n) is 12.2. The molecule has 1 fully saturated rings. The maximum absolute atomic E-state index is 6.37. The van der Waals surface area contributed by atoms with Gasteiger partial charge in [-0.05, 0) is 60.8 Å². The van der Waals surface area contributed by atoms with Crippen LogP contribution in [0.4, 0.5) is 0 Å². The van der Waals surface area contributed by atoms with Crippen molar-refractivity contribution < 1.29 is 0 Å². The van der Waals surface area contributed by atoms with Crippen LogP contribution in [0.3, 0.4) is 0 Å². The third kappa shape index (κ3) is 3.66. The molecule has 0 aromatic heterocycles. The van der Waals surface area contributed by atoms with Crippen LogP contribution in [0.5, 0.6) is 0 Å². The van der Waals surface area contributed by atoms with Crippen molar-refractivity contribution in [1.82, 2.24) is 0 Å². The molecule has 1 saturated carbocycles. The van der Waals surface area contributed by atoms with Gasteiger partial charge in [-0.25, -0.2) is 0 Å². The predicted octanol–water partition coefficient (Wildman–Crippen LogP) is 4.79. The van der Waals surface area contributed by atoms with E-state index in [9.17, 15) is 0 Å². The highest BCUT2D eigenvalue weighted by Gasteiger charge is 2.28. The van der Waals surface area contributed by atoms with Crippen molar-refractivity contribution in [1.29, 1.82) is 0 Å². The van der Waals surface area contributed by atoms with E-state index in [1.807, 2.05) is 12.1 Å². The maximum Gasteiger partial charge on any atom is 0.0406 e. The molecule has 0 spiro atoms. The third-order valence-electron chi connectivity index (χ3n) is 4.72. The van der Waals surface area contributed by atoms with Crippen molar-refractivity contribution in [3.05, 3.63) is 70.7 Å². The zero-order valence-corrected chi connectivity index (χ0v) is 13.0. The Balaban J connectivity index is 1.70. The molecule has 1 aliphatic carbocycles. The number of hydrogen-bond donors (Lipinski definition) is 1. The standard InChI is InChI=1S/C19H22ClN/c20-18-9-6-14(7-10-18)12-17-13-16(8-11-19(17)21)15-4-2-1-3-5-15/h1-7,9-10,16-17,19H,8,11-13,21H2. The van der Waals surface area contributed by atoms with E-state index in [-0.39, 0.29) is 0 Å². The molecule has 2 aromatic carbocycles. The Morgan fingerprint density at radius 1 is 0.952 bits per heavy atom. The summed E-state index contributed by atoms with van der Waals surface area (Å²) in [5.41, 5.74) is 9.18. The lowest BCUT2D eigenvalue weighted by atomic mass is 9.73.